The van der Waals surface area contributed by atoms with Gasteiger partial charge in [-0.1, -0.05) is 17.7 Å². The molecule has 0 N–H and O–H groups in total. The van der Waals surface area contributed by atoms with E-state index in [1.165, 1.54) is 0 Å². The third-order valence-electron chi connectivity index (χ3n) is 3.70. The van der Waals surface area contributed by atoms with Gasteiger partial charge in [0.1, 0.15) is 0 Å². The maximum absolute atomic E-state index is 13.1. The summed E-state index contributed by atoms with van der Waals surface area (Å²) >= 11 is 5.96. The zero-order valence-electron chi connectivity index (χ0n) is 11.5. The molecule has 2 heterocycles. The average molecular weight is 312 g/mol. The molecule has 0 radical (unpaired) electrons. The van der Waals surface area contributed by atoms with Crippen LogP contribution in [0, 0.1) is 0 Å². The van der Waals surface area contributed by atoms with E-state index in [-0.39, 0.29) is 12.8 Å². The van der Waals surface area contributed by atoms with E-state index >= 15 is 0 Å². The van der Waals surface area contributed by atoms with E-state index in [1.807, 2.05) is 35.4 Å². The summed E-state index contributed by atoms with van der Waals surface area (Å²) in [5.41, 5.74) is 1.90. The minimum atomic E-state index is -2.50. The normalized spacial score (nSPS) is 18.8. The highest BCUT2D eigenvalue weighted by molar-refractivity contribution is 6.30. The molecule has 0 spiro atoms. The van der Waals surface area contributed by atoms with Crippen LogP contribution in [0.1, 0.15) is 18.4 Å². The largest absolute Gasteiger partial charge is 0.299 e. The predicted octanol–water partition coefficient (Wildman–Crippen LogP) is 3.76. The van der Waals surface area contributed by atoms with Gasteiger partial charge in [-0.2, -0.15) is 5.10 Å². The summed E-state index contributed by atoms with van der Waals surface area (Å²) in [6, 6.07) is 7.43. The Morgan fingerprint density at radius 1 is 1.24 bits per heavy atom. The molecule has 1 aliphatic rings. The number of benzene rings is 1. The molecule has 0 atom stereocenters. The number of rotatable bonds is 3. The molecule has 0 saturated carbocycles. The number of alkyl halides is 2. The molecule has 0 unspecified atom stereocenters. The Balaban J connectivity index is 1.66. The fourth-order valence-corrected chi connectivity index (χ4v) is 2.68. The minimum Gasteiger partial charge on any atom is -0.299 e. The Kier molecular flexibility index (Phi) is 3.95. The number of hydrogen-bond acceptors (Lipinski definition) is 2. The predicted molar refractivity (Wildman–Crippen MR) is 78.0 cm³/mol. The summed E-state index contributed by atoms with van der Waals surface area (Å²) in [5.74, 6) is -2.50. The van der Waals surface area contributed by atoms with Crippen LogP contribution in [-0.2, 0) is 6.54 Å². The molecule has 0 amide bonds. The first-order valence-electron chi connectivity index (χ1n) is 6.92. The fraction of sp³-hybridized carbons (Fsp3) is 0.400. The molecule has 0 aliphatic carbocycles. The molecular weight excluding hydrogens is 296 g/mol. The molecule has 1 aliphatic heterocycles. The lowest BCUT2D eigenvalue weighted by Gasteiger charge is -2.31. The Bertz CT molecular complexity index is 617. The van der Waals surface area contributed by atoms with Crippen molar-refractivity contribution in [1.82, 2.24) is 14.7 Å². The molecule has 3 rings (SSSR count). The first kappa shape index (κ1) is 14.5. The summed E-state index contributed by atoms with van der Waals surface area (Å²) in [6.07, 6.45) is 3.57. The smallest absolute Gasteiger partial charge is 0.250 e. The van der Waals surface area contributed by atoms with Gasteiger partial charge in [0.2, 0.25) is 0 Å². The fourth-order valence-electron chi connectivity index (χ4n) is 2.50. The van der Waals surface area contributed by atoms with Crippen LogP contribution in [-0.4, -0.2) is 33.7 Å². The molecule has 2 aromatic rings. The highest BCUT2D eigenvalue weighted by Crippen LogP contribution is 2.28. The first-order valence-corrected chi connectivity index (χ1v) is 7.29. The van der Waals surface area contributed by atoms with Gasteiger partial charge in [-0.05, 0) is 18.2 Å². The number of piperidine rings is 1. The summed E-state index contributed by atoms with van der Waals surface area (Å²) < 4.78 is 28.0. The van der Waals surface area contributed by atoms with Crippen molar-refractivity contribution in [3.8, 4) is 5.69 Å². The summed E-state index contributed by atoms with van der Waals surface area (Å²) in [6.45, 7) is 1.50. The van der Waals surface area contributed by atoms with E-state index in [1.54, 1.807) is 10.9 Å². The van der Waals surface area contributed by atoms with Crippen molar-refractivity contribution in [1.29, 1.82) is 0 Å². The Labute approximate surface area is 127 Å². The number of aromatic nitrogens is 2. The highest BCUT2D eigenvalue weighted by Gasteiger charge is 2.33. The molecular formula is C15H16ClF2N3. The van der Waals surface area contributed by atoms with Crippen LogP contribution in [0.5, 0.6) is 0 Å². The Hall–Kier alpha value is -1.46. The lowest BCUT2D eigenvalue weighted by Crippen LogP contribution is -2.38. The van der Waals surface area contributed by atoms with Crippen molar-refractivity contribution in [2.75, 3.05) is 13.1 Å². The molecule has 0 bridgehead atoms. The van der Waals surface area contributed by atoms with E-state index in [0.29, 0.717) is 24.7 Å². The molecule has 1 saturated heterocycles. The maximum atomic E-state index is 13.1. The van der Waals surface area contributed by atoms with Crippen LogP contribution < -0.4 is 0 Å². The van der Waals surface area contributed by atoms with Crippen LogP contribution in [0.25, 0.3) is 5.69 Å². The van der Waals surface area contributed by atoms with E-state index in [9.17, 15) is 8.78 Å². The number of likely N-dealkylation sites (tertiary alicyclic amines) is 1. The van der Waals surface area contributed by atoms with Crippen LogP contribution in [0.4, 0.5) is 8.78 Å². The first-order chi connectivity index (χ1) is 10.0. The molecule has 1 fully saturated rings. The van der Waals surface area contributed by atoms with Gasteiger partial charge < -0.3 is 0 Å². The Morgan fingerprint density at radius 2 is 2.00 bits per heavy atom. The van der Waals surface area contributed by atoms with Gasteiger partial charge in [0.25, 0.3) is 5.92 Å². The van der Waals surface area contributed by atoms with Crippen LogP contribution in [0.15, 0.2) is 36.7 Å². The monoisotopic (exact) mass is 311 g/mol. The molecule has 1 aromatic carbocycles. The van der Waals surface area contributed by atoms with E-state index in [4.69, 9.17) is 11.6 Å². The van der Waals surface area contributed by atoms with Crippen molar-refractivity contribution in [2.24, 2.45) is 0 Å². The third kappa shape index (κ3) is 3.60. The highest BCUT2D eigenvalue weighted by atomic mass is 35.5. The van der Waals surface area contributed by atoms with Gasteiger partial charge in [-0.15, -0.1) is 0 Å². The lowest BCUT2D eigenvalue weighted by molar-refractivity contribution is -0.0566. The standard InChI is InChI=1S/C15H16ClF2N3/c16-13-2-1-3-14(8-13)21-11-12(9-19-21)10-20-6-4-15(17,18)5-7-20/h1-3,8-9,11H,4-7,10H2. The summed E-state index contributed by atoms with van der Waals surface area (Å²) in [7, 11) is 0. The number of nitrogens with zero attached hydrogens (tertiary/aromatic N) is 3. The zero-order valence-corrected chi connectivity index (χ0v) is 12.2. The quantitative estimate of drug-likeness (QED) is 0.860. The van der Waals surface area contributed by atoms with Gasteiger partial charge in [-0.3, -0.25) is 4.90 Å². The zero-order chi connectivity index (χ0) is 14.9. The molecule has 1 aromatic heterocycles. The van der Waals surface area contributed by atoms with Gasteiger partial charge in [0, 0.05) is 49.3 Å². The van der Waals surface area contributed by atoms with Crippen LogP contribution in [0.3, 0.4) is 0 Å². The summed E-state index contributed by atoms with van der Waals surface area (Å²) in [4.78, 5) is 2.04. The lowest BCUT2D eigenvalue weighted by atomic mass is 10.1. The van der Waals surface area contributed by atoms with Crippen molar-refractivity contribution in [2.45, 2.75) is 25.3 Å². The van der Waals surface area contributed by atoms with Crippen molar-refractivity contribution in [3.05, 3.63) is 47.2 Å². The maximum Gasteiger partial charge on any atom is 0.250 e. The molecule has 6 heteroatoms. The second-order valence-electron chi connectivity index (χ2n) is 5.41. The average Bonchev–Trinajstić information content (AvgIpc) is 2.90. The van der Waals surface area contributed by atoms with Gasteiger partial charge in [-0.25, -0.2) is 13.5 Å². The van der Waals surface area contributed by atoms with Crippen molar-refractivity contribution < 1.29 is 8.78 Å². The topological polar surface area (TPSA) is 21.1 Å². The van der Waals surface area contributed by atoms with Gasteiger partial charge in [0.05, 0.1) is 11.9 Å². The van der Waals surface area contributed by atoms with E-state index in [0.717, 1.165) is 11.3 Å². The van der Waals surface area contributed by atoms with E-state index in [2.05, 4.69) is 5.10 Å². The molecule has 21 heavy (non-hydrogen) atoms. The van der Waals surface area contributed by atoms with Crippen LogP contribution in [0.2, 0.25) is 5.02 Å². The molecule has 112 valence electrons. The Morgan fingerprint density at radius 3 is 2.71 bits per heavy atom. The van der Waals surface area contributed by atoms with Crippen LogP contribution >= 0.6 is 11.6 Å². The SMILES string of the molecule is FC1(F)CCN(Cc2cnn(-c3cccc(Cl)c3)c2)CC1. The molecule has 3 nitrogen and oxygen atoms in total. The number of hydrogen-bond donors (Lipinski definition) is 0. The van der Waals surface area contributed by atoms with Crippen molar-refractivity contribution in [3.63, 3.8) is 0 Å². The van der Waals surface area contributed by atoms with Crippen molar-refractivity contribution >= 4 is 11.6 Å². The second kappa shape index (κ2) is 5.73. The third-order valence-corrected chi connectivity index (χ3v) is 3.94. The van der Waals surface area contributed by atoms with Gasteiger partial charge >= 0.3 is 0 Å². The second-order valence-corrected chi connectivity index (χ2v) is 5.84. The van der Waals surface area contributed by atoms with E-state index < -0.39 is 5.92 Å². The number of halogens is 3. The van der Waals surface area contributed by atoms with Gasteiger partial charge in [0.15, 0.2) is 0 Å². The summed E-state index contributed by atoms with van der Waals surface area (Å²) in [5, 5.41) is 4.96. The minimum absolute atomic E-state index is 0.0601.